The molecule has 2 saturated carbocycles. The molecular weight excluding hydrogens is 192 g/mol. The van der Waals surface area contributed by atoms with E-state index in [9.17, 15) is 0 Å². The molecule has 0 bridgehead atoms. The van der Waals surface area contributed by atoms with Crippen molar-refractivity contribution in [3.05, 3.63) is 5.92 Å². The first kappa shape index (κ1) is 12.5. The van der Waals surface area contributed by atoms with Crippen LogP contribution in [0.5, 0.6) is 0 Å². The molecule has 0 saturated heterocycles. The zero-order valence-corrected chi connectivity index (χ0v) is 11.1. The Labute approximate surface area is 102 Å². The largest absolute Gasteiger partial charge is 0.0588 e. The minimum Gasteiger partial charge on any atom is -0.0588 e. The average Bonchev–Trinajstić information content (AvgIpc) is 2.38. The minimum atomic E-state index is 0.998. The highest BCUT2D eigenvalue weighted by Gasteiger charge is 2.22. The first-order valence-electron chi connectivity index (χ1n) is 7.68. The van der Waals surface area contributed by atoms with Crippen LogP contribution in [0, 0.1) is 17.8 Å². The highest BCUT2D eigenvalue weighted by Crippen LogP contribution is 2.36. The molecule has 16 heavy (non-hydrogen) atoms. The first-order valence-corrected chi connectivity index (χ1v) is 7.68. The summed E-state index contributed by atoms with van der Waals surface area (Å²) in [6.07, 6.45) is 18.0. The molecule has 0 amide bonds. The van der Waals surface area contributed by atoms with E-state index in [1.807, 2.05) is 5.92 Å². The molecule has 93 valence electrons. The first-order chi connectivity index (χ1) is 7.86. The van der Waals surface area contributed by atoms with E-state index in [2.05, 4.69) is 6.92 Å². The van der Waals surface area contributed by atoms with Gasteiger partial charge in [0.05, 0.1) is 0 Å². The van der Waals surface area contributed by atoms with Gasteiger partial charge < -0.3 is 0 Å². The molecule has 0 spiro atoms. The topological polar surface area (TPSA) is 0 Å². The summed E-state index contributed by atoms with van der Waals surface area (Å²) in [4.78, 5) is 0. The summed E-state index contributed by atoms with van der Waals surface area (Å²) < 4.78 is 0. The van der Waals surface area contributed by atoms with Crippen LogP contribution in [0.25, 0.3) is 0 Å². The van der Waals surface area contributed by atoms with Gasteiger partial charge in [-0.1, -0.05) is 58.3 Å². The molecule has 0 aromatic rings. The molecule has 0 atom stereocenters. The van der Waals surface area contributed by atoms with Crippen molar-refractivity contribution < 1.29 is 0 Å². The molecule has 0 unspecified atom stereocenters. The number of hydrogen-bond acceptors (Lipinski definition) is 0. The summed E-state index contributed by atoms with van der Waals surface area (Å²) in [6.45, 7) is 2.44. The second-order valence-corrected chi connectivity index (χ2v) is 6.22. The van der Waals surface area contributed by atoms with Crippen LogP contribution < -0.4 is 0 Å². The second kappa shape index (κ2) is 6.67. The normalized spacial score (nSPS) is 25.1. The predicted molar refractivity (Wildman–Crippen MR) is 71.3 cm³/mol. The van der Waals surface area contributed by atoms with Crippen molar-refractivity contribution in [2.75, 3.05) is 0 Å². The Kier molecular flexibility index (Phi) is 5.19. The molecule has 2 aliphatic rings. The van der Waals surface area contributed by atoms with Crippen LogP contribution >= 0.6 is 0 Å². The molecule has 0 N–H and O–H groups in total. The predicted octanol–water partition coefficient (Wildman–Crippen LogP) is 5.52. The van der Waals surface area contributed by atoms with E-state index < -0.39 is 0 Å². The highest BCUT2D eigenvalue weighted by molar-refractivity contribution is 4.93. The maximum Gasteiger partial charge on any atom is -0.0241 e. The van der Waals surface area contributed by atoms with Gasteiger partial charge >= 0.3 is 0 Å². The third-order valence-corrected chi connectivity index (χ3v) is 4.97. The summed E-state index contributed by atoms with van der Waals surface area (Å²) >= 11 is 0. The van der Waals surface area contributed by atoms with Crippen LogP contribution in [0.4, 0.5) is 0 Å². The molecule has 1 radical (unpaired) electrons. The van der Waals surface area contributed by atoms with E-state index >= 15 is 0 Å². The fourth-order valence-corrected chi connectivity index (χ4v) is 3.71. The van der Waals surface area contributed by atoms with Crippen LogP contribution in [-0.4, -0.2) is 0 Å². The summed E-state index contributed by atoms with van der Waals surface area (Å²) in [5.74, 6) is 3.91. The van der Waals surface area contributed by atoms with E-state index in [0.29, 0.717) is 0 Å². The Morgan fingerprint density at radius 1 is 0.812 bits per heavy atom. The van der Waals surface area contributed by atoms with Crippen molar-refractivity contribution in [1.82, 2.24) is 0 Å². The van der Waals surface area contributed by atoms with E-state index in [1.54, 1.807) is 0 Å². The molecule has 2 aliphatic carbocycles. The Morgan fingerprint density at radius 3 is 2.00 bits per heavy atom. The van der Waals surface area contributed by atoms with Crippen molar-refractivity contribution in [2.45, 2.75) is 84.0 Å². The van der Waals surface area contributed by atoms with Crippen molar-refractivity contribution in [1.29, 1.82) is 0 Å². The quantitative estimate of drug-likeness (QED) is 0.586. The van der Waals surface area contributed by atoms with Gasteiger partial charge in [-0.25, -0.2) is 0 Å². The van der Waals surface area contributed by atoms with Crippen molar-refractivity contribution in [3.8, 4) is 0 Å². The molecule has 0 nitrogen and oxygen atoms in total. The van der Waals surface area contributed by atoms with E-state index in [-0.39, 0.29) is 0 Å². The van der Waals surface area contributed by atoms with Crippen LogP contribution in [-0.2, 0) is 0 Å². The van der Waals surface area contributed by atoms with Gasteiger partial charge in [-0.05, 0) is 43.4 Å². The molecule has 0 aromatic heterocycles. The third-order valence-electron chi connectivity index (χ3n) is 4.97. The van der Waals surface area contributed by atoms with Gasteiger partial charge in [-0.2, -0.15) is 0 Å². The van der Waals surface area contributed by atoms with Gasteiger partial charge in [0.15, 0.2) is 0 Å². The van der Waals surface area contributed by atoms with Crippen molar-refractivity contribution in [3.63, 3.8) is 0 Å². The van der Waals surface area contributed by atoms with Crippen LogP contribution in [0.3, 0.4) is 0 Å². The lowest BCUT2D eigenvalue weighted by atomic mass is 9.76. The second-order valence-electron chi connectivity index (χ2n) is 6.22. The molecule has 2 fully saturated rings. The van der Waals surface area contributed by atoms with Gasteiger partial charge in [0.2, 0.25) is 0 Å². The summed E-state index contributed by atoms with van der Waals surface area (Å²) in [5.41, 5.74) is 0. The smallest absolute Gasteiger partial charge is 0.0241 e. The fourth-order valence-electron chi connectivity index (χ4n) is 3.71. The standard InChI is InChI=1S/C16H29/c1-14(16-10-6-3-7-11-16)12-13-15-8-4-2-5-9-15/h15-16H,2-13H2,1H3. The lowest BCUT2D eigenvalue weighted by Crippen LogP contribution is -2.15. The van der Waals surface area contributed by atoms with Gasteiger partial charge in [0, 0.05) is 0 Å². The minimum absolute atomic E-state index is 0.998. The lowest BCUT2D eigenvalue weighted by Gasteiger charge is -2.29. The molecule has 0 aliphatic heterocycles. The summed E-state index contributed by atoms with van der Waals surface area (Å²) in [6, 6.07) is 0. The zero-order valence-electron chi connectivity index (χ0n) is 11.1. The van der Waals surface area contributed by atoms with Crippen LogP contribution in [0.15, 0.2) is 0 Å². The van der Waals surface area contributed by atoms with Gasteiger partial charge in [-0.3, -0.25) is 0 Å². The van der Waals surface area contributed by atoms with Crippen molar-refractivity contribution in [2.24, 2.45) is 11.8 Å². The molecule has 0 heteroatoms. The van der Waals surface area contributed by atoms with Crippen molar-refractivity contribution >= 4 is 0 Å². The Morgan fingerprint density at radius 2 is 1.38 bits per heavy atom. The monoisotopic (exact) mass is 221 g/mol. The summed E-state index contributed by atoms with van der Waals surface area (Å²) in [5, 5.41) is 0. The maximum atomic E-state index is 2.44. The third kappa shape index (κ3) is 3.79. The van der Waals surface area contributed by atoms with E-state index in [0.717, 1.165) is 11.8 Å². The molecule has 0 heterocycles. The Balaban J connectivity index is 1.63. The van der Waals surface area contributed by atoms with Crippen LogP contribution in [0.2, 0.25) is 0 Å². The Bertz CT molecular complexity index is 172. The van der Waals surface area contributed by atoms with Gasteiger partial charge in [-0.15, -0.1) is 0 Å². The van der Waals surface area contributed by atoms with Gasteiger partial charge in [0.1, 0.15) is 0 Å². The fraction of sp³-hybridized carbons (Fsp3) is 0.938. The molecule has 2 rings (SSSR count). The van der Waals surface area contributed by atoms with Crippen LogP contribution in [0.1, 0.15) is 84.0 Å². The van der Waals surface area contributed by atoms with E-state index in [4.69, 9.17) is 0 Å². The zero-order chi connectivity index (χ0) is 11.2. The van der Waals surface area contributed by atoms with E-state index in [1.165, 1.54) is 77.0 Å². The maximum absolute atomic E-state index is 2.44. The average molecular weight is 221 g/mol. The SMILES string of the molecule is C[C](CCC1CCCCC1)C1CCCCC1. The number of hydrogen-bond donors (Lipinski definition) is 0. The molecular formula is C16H29. The number of rotatable bonds is 4. The Hall–Kier alpha value is 0. The highest BCUT2D eigenvalue weighted by atomic mass is 14.3. The van der Waals surface area contributed by atoms with Gasteiger partial charge in [0.25, 0.3) is 0 Å². The molecule has 0 aromatic carbocycles. The summed E-state index contributed by atoms with van der Waals surface area (Å²) in [7, 11) is 0. The lowest BCUT2D eigenvalue weighted by molar-refractivity contribution is 0.309.